The van der Waals surface area contributed by atoms with Gasteiger partial charge in [0.25, 0.3) is 0 Å². The van der Waals surface area contributed by atoms with Crippen molar-refractivity contribution in [1.29, 1.82) is 0 Å². The van der Waals surface area contributed by atoms with Crippen LogP contribution < -0.4 is 5.32 Å². The van der Waals surface area contributed by atoms with E-state index >= 15 is 0 Å². The molecule has 0 bridgehead atoms. The van der Waals surface area contributed by atoms with E-state index in [2.05, 4.69) is 43.4 Å². The zero-order valence-electron chi connectivity index (χ0n) is 9.34. The summed E-state index contributed by atoms with van der Waals surface area (Å²) >= 11 is 0. The van der Waals surface area contributed by atoms with Gasteiger partial charge in [-0.05, 0) is 30.5 Å². The highest BCUT2D eigenvalue weighted by atomic mass is 14.8. The van der Waals surface area contributed by atoms with Crippen LogP contribution in [0.15, 0.2) is 24.3 Å². The van der Waals surface area contributed by atoms with E-state index < -0.39 is 0 Å². The second-order valence-electron chi connectivity index (χ2n) is 3.70. The Bertz CT molecular complexity index is 238. The van der Waals surface area contributed by atoms with Crippen LogP contribution in [0.25, 0.3) is 0 Å². The Morgan fingerprint density at radius 3 is 2.21 bits per heavy atom. The summed E-state index contributed by atoms with van der Waals surface area (Å²) in [6.07, 6.45) is 3.67. The van der Waals surface area contributed by atoms with Gasteiger partial charge in [-0.3, -0.25) is 0 Å². The first-order valence-corrected chi connectivity index (χ1v) is 5.65. The van der Waals surface area contributed by atoms with Gasteiger partial charge in [0, 0.05) is 6.54 Å². The van der Waals surface area contributed by atoms with Crippen molar-refractivity contribution >= 4 is 0 Å². The number of hydrogen-bond acceptors (Lipinski definition) is 1. The minimum Gasteiger partial charge on any atom is -0.313 e. The van der Waals surface area contributed by atoms with Crippen molar-refractivity contribution in [2.45, 2.75) is 39.7 Å². The summed E-state index contributed by atoms with van der Waals surface area (Å²) in [4.78, 5) is 0. The molecule has 1 nitrogen and oxygen atoms in total. The van der Waals surface area contributed by atoms with Crippen LogP contribution in [0.5, 0.6) is 0 Å². The van der Waals surface area contributed by atoms with E-state index in [-0.39, 0.29) is 0 Å². The highest BCUT2D eigenvalue weighted by molar-refractivity contribution is 5.22. The molecule has 1 N–H and O–H groups in total. The van der Waals surface area contributed by atoms with E-state index in [1.165, 1.54) is 24.0 Å². The lowest BCUT2D eigenvalue weighted by Gasteiger charge is -2.04. The molecule has 0 aromatic heterocycles. The van der Waals surface area contributed by atoms with E-state index in [4.69, 9.17) is 0 Å². The summed E-state index contributed by atoms with van der Waals surface area (Å²) in [7, 11) is 0. The molecule has 1 aromatic rings. The zero-order valence-corrected chi connectivity index (χ0v) is 9.34. The molecule has 1 aromatic carbocycles. The molecule has 1 heteroatoms. The minimum atomic E-state index is 1.00. The number of hydrogen-bond donors (Lipinski definition) is 1. The molecule has 0 saturated heterocycles. The van der Waals surface area contributed by atoms with Crippen LogP contribution in [0.4, 0.5) is 0 Å². The van der Waals surface area contributed by atoms with Gasteiger partial charge in [0.05, 0.1) is 0 Å². The third-order valence-electron chi connectivity index (χ3n) is 2.47. The second-order valence-corrected chi connectivity index (χ2v) is 3.70. The average molecular weight is 191 g/mol. The first kappa shape index (κ1) is 11.3. The normalized spacial score (nSPS) is 10.4. The lowest BCUT2D eigenvalue weighted by atomic mass is 10.1. The third kappa shape index (κ3) is 3.93. The van der Waals surface area contributed by atoms with Crippen molar-refractivity contribution in [2.75, 3.05) is 6.54 Å². The Balaban J connectivity index is 2.29. The minimum absolute atomic E-state index is 1.00. The maximum Gasteiger partial charge on any atom is 0.0205 e. The molecule has 0 fully saturated rings. The van der Waals surface area contributed by atoms with Gasteiger partial charge >= 0.3 is 0 Å². The molecule has 0 aliphatic heterocycles. The van der Waals surface area contributed by atoms with Gasteiger partial charge < -0.3 is 5.32 Å². The molecule has 0 amide bonds. The molecule has 0 heterocycles. The van der Waals surface area contributed by atoms with E-state index in [9.17, 15) is 0 Å². The Hall–Kier alpha value is -0.820. The van der Waals surface area contributed by atoms with Crippen molar-refractivity contribution in [1.82, 2.24) is 5.32 Å². The van der Waals surface area contributed by atoms with E-state index in [0.717, 1.165) is 19.5 Å². The fourth-order valence-electron chi connectivity index (χ4n) is 1.43. The summed E-state index contributed by atoms with van der Waals surface area (Å²) in [5.74, 6) is 0. The molecule has 0 saturated carbocycles. The van der Waals surface area contributed by atoms with Crippen molar-refractivity contribution in [3.63, 3.8) is 0 Å². The zero-order chi connectivity index (χ0) is 10.2. The van der Waals surface area contributed by atoms with Crippen molar-refractivity contribution < 1.29 is 0 Å². The molecule has 0 aliphatic carbocycles. The van der Waals surface area contributed by atoms with Gasteiger partial charge in [-0.25, -0.2) is 0 Å². The lowest BCUT2D eigenvalue weighted by Crippen LogP contribution is -2.14. The number of rotatable bonds is 6. The van der Waals surface area contributed by atoms with Gasteiger partial charge in [-0.1, -0.05) is 44.5 Å². The molecule has 0 spiro atoms. The number of aryl methyl sites for hydroxylation is 1. The SMILES string of the molecule is CCCCNCc1ccc(CC)cc1. The van der Waals surface area contributed by atoms with E-state index in [1.54, 1.807) is 0 Å². The predicted molar refractivity (Wildman–Crippen MR) is 62.4 cm³/mol. The summed E-state index contributed by atoms with van der Waals surface area (Å²) < 4.78 is 0. The Labute approximate surface area is 87.5 Å². The quantitative estimate of drug-likeness (QED) is 0.681. The number of benzene rings is 1. The number of unbranched alkanes of at least 4 members (excludes halogenated alkanes) is 1. The van der Waals surface area contributed by atoms with Crippen LogP contribution in [-0.2, 0) is 13.0 Å². The maximum absolute atomic E-state index is 3.44. The van der Waals surface area contributed by atoms with Crippen LogP contribution >= 0.6 is 0 Å². The van der Waals surface area contributed by atoms with E-state index in [1.807, 2.05) is 0 Å². The highest BCUT2D eigenvalue weighted by Gasteiger charge is 1.92. The van der Waals surface area contributed by atoms with Gasteiger partial charge in [0.1, 0.15) is 0 Å². The molecule has 1 rings (SSSR count). The Morgan fingerprint density at radius 1 is 1.00 bits per heavy atom. The molecular weight excluding hydrogens is 170 g/mol. The van der Waals surface area contributed by atoms with Gasteiger partial charge in [-0.15, -0.1) is 0 Å². The maximum atomic E-state index is 3.44. The van der Waals surface area contributed by atoms with Crippen LogP contribution in [0.1, 0.15) is 37.8 Å². The van der Waals surface area contributed by atoms with Crippen LogP contribution in [0, 0.1) is 0 Å². The van der Waals surface area contributed by atoms with Gasteiger partial charge in [0.15, 0.2) is 0 Å². The monoisotopic (exact) mass is 191 g/mol. The molecule has 0 unspecified atom stereocenters. The molecular formula is C13H21N. The fraction of sp³-hybridized carbons (Fsp3) is 0.538. The van der Waals surface area contributed by atoms with Crippen molar-refractivity contribution in [2.24, 2.45) is 0 Å². The first-order valence-electron chi connectivity index (χ1n) is 5.65. The third-order valence-corrected chi connectivity index (χ3v) is 2.47. The molecule has 0 radical (unpaired) electrons. The summed E-state index contributed by atoms with van der Waals surface area (Å²) in [5.41, 5.74) is 2.81. The second kappa shape index (κ2) is 6.61. The smallest absolute Gasteiger partial charge is 0.0205 e. The standard InChI is InChI=1S/C13H21N/c1-3-5-10-14-11-13-8-6-12(4-2)7-9-13/h6-9,14H,3-5,10-11H2,1-2H3. The molecule has 0 atom stereocenters. The van der Waals surface area contributed by atoms with Crippen LogP contribution in [0.2, 0.25) is 0 Å². The molecule has 78 valence electrons. The average Bonchev–Trinajstić information content (AvgIpc) is 2.25. The topological polar surface area (TPSA) is 12.0 Å². The molecule has 0 aliphatic rings. The highest BCUT2D eigenvalue weighted by Crippen LogP contribution is 2.04. The fourth-order valence-corrected chi connectivity index (χ4v) is 1.43. The van der Waals surface area contributed by atoms with Crippen LogP contribution in [-0.4, -0.2) is 6.54 Å². The van der Waals surface area contributed by atoms with Crippen molar-refractivity contribution in [3.8, 4) is 0 Å². The predicted octanol–water partition coefficient (Wildman–Crippen LogP) is 3.14. The van der Waals surface area contributed by atoms with Gasteiger partial charge in [-0.2, -0.15) is 0 Å². The number of nitrogens with one attached hydrogen (secondary N) is 1. The summed E-state index contributed by atoms with van der Waals surface area (Å²) in [6, 6.07) is 8.88. The van der Waals surface area contributed by atoms with Gasteiger partial charge in [0.2, 0.25) is 0 Å². The first-order chi connectivity index (χ1) is 6.86. The molecule has 14 heavy (non-hydrogen) atoms. The Morgan fingerprint density at radius 2 is 1.64 bits per heavy atom. The Kier molecular flexibility index (Phi) is 5.31. The summed E-state index contributed by atoms with van der Waals surface area (Å²) in [5, 5.41) is 3.44. The lowest BCUT2D eigenvalue weighted by molar-refractivity contribution is 0.641. The van der Waals surface area contributed by atoms with Crippen molar-refractivity contribution in [3.05, 3.63) is 35.4 Å². The van der Waals surface area contributed by atoms with E-state index in [0.29, 0.717) is 0 Å². The largest absolute Gasteiger partial charge is 0.313 e. The van der Waals surface area contributed by atoms with Crippen LogP contribution in [0.3, 0.4) is 0 Å². The summed E-state index contributed by atoms with van der Waals surface area (Å²) in [6.45, 7) is 6.54.